The van der Waals surface area contributed by atoms with Gasteiger partial charge in [-0.05, 0) is 26.2 Å². The third kappa shape index (κ3) is 3.10. The van der Waals surface area contributed by atoms with E-state index in [9.17, 15) is 0 Å². The molecule has 0 unspecified atom stereocenters. The summed E-state index contributed by atoms with van der Waals surface area (Å²) >= 11 is 0. The molecule has 1 aliphatic rings. The van der Waals surface area contributed by atoms with Crippen LogP contribution in [0.2, 0.25) is 0 Å². The van der Waals surface area contributed by atoms with Gasteiger partial charge in [0.15, 0.2) is 0 Å². The van der Waals surface area contributed by atoms with E-state index in [4.69, 9.17) is 5.73 Å². The first-order chi connectivity index (χ1) is 6.59. The van der Waals surface area contributed by atoms with Crippen molar-refractivity contribution in [3.05, 3.63) is 11.6 Å². The zero-order valence-corrected chi connectivity index (χ0v) is 9.84. The molecule has 2 nitrogen and oxygen atoms in total. The summed E-state index contributed by atoms with van der Waals surface area (Å²) in [7, 11) is 0. The summed E-state index contributed by atoms with van der Waals surface area (Å²) < 4.78 is 0. The van der Waals surface area contributed by atoms with E-state index in [0.29, 0.717) is 0 Å². The molecule has 1 aliphatic heterocycles. The van der Waals surface area contributed by atoms with Gasteiger partial charge in [0.2, 0.25) is 0 Å². The molecule has 0 amide bonds. The molecule has 2 N–H and O–H groups in total. The minimum atomic E-state index is 0.0254. The summed E-state index contributed by atoms with van der Waals surface area (Å²) in [5.74, 6) is 0. The highest BCUT2D eigenvalue weighted by atomic mass is 15.1. The lowest BCUT2D eigenvalue weighted by atomic mass is 9.93. The van der Waals surface area contributed by atoms with Crippen LogP contribution in [-0.2, 0) is 0 Å². The molecule has 0 atom stereocenters. The van der Waals surface area contributed by atoms with E-state index in [1.165, 1.54) is 18.5 Å². The van der Waals surface area contributed by atoms with Crippen molar-refractivity contribution in [1.82, 2.24) is 4.90 Å². The normalized spacial score (nSPS) is 19.6. The lowest BCUT2D eigenvalue weighted by molar-refractivity contribution is 0.208. The Hall–Kier alpha value is -0.340. The molecule has 0 aromatic rings. The first-order valence-electron chi connectivity index (χ1n) is 5.76. The molecule has 0 aromatic heterocycles. The summed E-state index contributed by atoms with van der Waals surface area (Å²) in [6.45, 7) is 9.93. The molecule has 1 heterocycles. The summed E-state index contributed by atoms with van der Waals surface area (Å²) in [4.78, 5) is 2.49. The fourth-order valence-electron chi connectivity index (χ4n) is 2.04. The third-order valence-corrected chi connectivity index (χ3v) is 3.36. The number of nitrogens with two attached hydrogens (primary N) is 1. The van der Waals surface area contributed by atoms with E-state index < -0.39 is 0 Å². The zero-order valence-electron chi connectivity index (χ0n) is 9.84. The van der Waals surface area contributed by atoms with Crippen molar-refractivity contribution in [1.29, 1.82) is 0 Å². The molecular weight excluding hydrogens is 172 g/mol. The summed E-state index contributed by atoms with van der Waals surface area (Å²) in [6.07, 6.45) is 5.67. The van der Waals surface area contributed by atoms with Gasteiger partial charge in [-0.1, -0.05) is 25.5 Å². The molecule has 2 heteroatoms. The van der Waals surface area contributed by atoms with Gasteiger partial charge in [0.05, 0.1) is 0 Å². The van der Waals surface area contributed by atoms with E-state index in [1.807, 2.05) is 0 Å². The Labute approximate surface area is 88.2 Å². The van der Waals surface area contributed by atoms with Gasteiger partial charge in [-0.2, -0.15) is 0 Å². The zero-order chi connectivity index (χ0) is 10.6. The van der Waals surface area contributed by atoms with E-state index in [1.54, 1.807) is 0 Å². The van der Waals surface area contributed by atoms with Crippen molar-refractivity contribution in [2.24, 2.45) is 5.73 Å². The number of hydrogen-bond donors (Lipinski definition) is 1. The largest absolute Gasteiger partial charge is 0.324 e. The van der Waals surface area contributed by atoms with Crippen LogP contribution in [0, 0.1) is 0 Å². The molecule has 0 radical (unpaired) electrons. The Kier molecular flexibility index (Phi) is 4.14. The van der Waals surface area contributed by atoms with Gasteiger partial charge in [0, 0.05) is 25.2 Å². The molecule has 82 valence electrons. The maximum atomic E-state index is 6.31. The van der Waals surface area contributed by atoms with E-state index >= 15 is 0 Å². The van der Waals surface area contributed by atoms with Gasteiger partial charge in [0.1, 0.15) is 0 Å². The Morgan fingerprint density at radius 2 is 2.07 bits per heavy atom. The second-order valence-electron chi connectivity index (χ2n) is 4.62. The molecule has 1 rings (SSSR count). The van der Waals surface area contributed by atoms with E-state index in [-0.39, 0.29) is 5.54 Å². The molecule has 0 saturated carbocycles. The highest BCUT2D eigenvalue weighted by Crippen LogP contribution is 2.16. The van der Waals surface area contributed by atoms with E-state index in [0.717, 1.165) is 25.9 Å². The van der Waals surface area contributed by atoms with E-state index in [2.05, 4.69) is 31.7 Å². The molecule has 0 saturated heterocycles. The predicted octanol–water partition coefficient (Wildman–Crippen LogP) is 2.16. The quantitative estimate of drug-likeness (QED) is 0.698. The summed E-state index contributed by atoms with van der Waals surface area (Å²) in [5.41, 5.74) is 7.83. The van der Waals surface area contributed by atoms with Crippen LogP contribution in [0.5, 0.6) is 0 Å². The summed E-state index contributed by atoms with van der Waals surface area (Å²) in [6, 6.07) is 0. The molecule has 0 bridgehead atoms. The van der Waals surface area contributed by atoms with Crippen molar-refractivity contribution in [2.75, 3.05) is 19.6 Å². The van der Waals surface area contributed by atoms with Crippen LogP contribution >= 0.6 is 0 Å². The Morgan fingerprint density at radius 1 is 1.43 bits per heavy atom. The summed E-state index contributed by atoms with van der Waals surface area (Å²) in [5, 5.41) is 0. The minimum Gasteiger partial charge on any atom is -0.324 e. The lowest BCUT2D eigenvalue weighted by Gasteiger charge is -2.35. The Morgan fingerprint density at radius 3 is 2.57 bits per heavy atom. The van der Waals surface area contributed by atoms with Gasteiger partial charge in [0.25, 0.3) is 0 Å². The van der Waals surface area contributed by atoms with Crippen LogP contribution in [0.25, 0.3) is 0 Å². The topological polar surface area (TPSA) is 29.3 Å². The minimum absolute atomic E-state index is 0.0254. The molecule has 14 heavy (non-hydrogen) atoms. The van der Waals surface area contributed by atoms with Crippen LogP contribution in [0.4, 0.5) is 0 Å². The van der Waals surface area contributed by atoms with Crippen molar-refractivity contribution in [3.8, 4) is 0 Å². The predicted molar refractivity (Wildman–Crippen MR) is 62.3 cm³/mol. The first-order valence-corrected chi connectivity index (χ1v) is 5.76. The van der Waals surface area contributed by atoms with Gasteiger partial charge in [-0.15, -0.1) is 0 Å². The Bertz CT molecular complexity index is 204. The molecule has 0 fully saturated rings. The third-order valence-electron chi connectivity index (χ3n) is 3.36. The average Bonchev–Trinajstić information content (AvgIpc) is 2.18. The van der Waals surface area contributed by atoms with Gasteiger partial charge >= 0.3 is 0 Å². The molecule has 0 aromatic carbocycles. The first kappa shape index (κ1) is 11.7. The maximum absolute atomic E-state index is 6.31. The second kappa shape index (κ2) is 4.94. The standard InChI is InChI=1S/C12H24N2/c1-4-12(13,5-2)10-14-8-6-7-11(3)9-14/h7H,4-6,8-10,13H2,1-3H3. The van der Waals surface area contributed by atoms with Crippen LogP contribution in [0.15, 0.2) is 11.6 Å². The van der Waals surface area contributed by atoms with Crippen LogP contribution in [0.3, 0.4) is 0 Å². The monoisotopic (exact) mass is 196 g/mol. The number of rotatable bonds is 4. The average molecular weight is 196 g/mol. The van der Waals surface area contributed by atoms with Crippen molar-refractivity contribution < 1.29 is 0 Å². The fraction of sp³-hybridized carbons (Fsp3) is 0.833. The highest BCUT2D eigenvalue weighted by molar-refractivity contribution is 5.05. The highest BCUT2D eigenvalue weighted by Gasteiger charge is 2.24. The van der Waals surface area contributed by atoms with Crippen molar-refractivity contribution in [2.45, 2.75) is 45.6 Å². The molecule has 0 aliphatic carbocycles. The fourth-order valence-corrected chi connectivity index (χ4v) is 2.04. The Balaban J connectivity index is 2.47. The second-order valence-corrected chi connectivity index (χ2v) is 4.62. The van der Waals surface area contributed by atoms with Crippen LogP contribution in [-0.4, -0.2) is 30.1 Å². The van der Waals surface area contributed by atoms with Crippen LogP contribution < -0.4 is 5.73 Å². The van der Waals surface area contributed by atoms with Gasteiger partial charge in [-0.25, -0.2) is 0 Å². The maximum Gasteiger partial charge on any atom is 0.0278 e. The molecule has 0 spiro atoms. The van der Waals surface area contributed by atoms with Crippen LogP contribution in [0.1, 0.15) is 40.0 Å². The van der Waals surface area contributed by atoms with Gasteiger partial charge < -0.3 is 5.73 Å². The number of hydrogen-bond acceptors (Lipinski definition) is 2. The SMILES string of the molecule is CCC(N)(CC)CN1CCC=C(C)C1. The molecular formula is C12H24N2. The van der Waals surface area contributed by atoms with Crippen molar-refractivity contribution >= 4 is 0 Å². The number of nitrogens with zero attached hydrogens (tertiary/aromatic N) is 1. The van der Waals surface area contributed by atoms with Gasteiger partial charge in [-0.3, -0.25) is 4.90 Å². The van der Waals surface area contributed by atoms with Crippen molar-refractivity contribution in [3.63, 3.8) is 0 Å². The smallest absolute Gasteiger partial charge is 0.0278 e. The lowest BCUT2D eigenvalue weighted by Crippen LogP contribution is -2.50.